The number of anilines is 1. The van der Waals surface area contributed by atoms with Crippen molar-refractivity contribution in [2.45, 2.75) is 27.3 Å². The number of hydrogen-bond acceptors (Lipinski definition) is 3. The zero-order chi connectivity index (χ0) is 17.6. The highest BCUT2D eigenvalue weighted by Crippen LogP contribution is 2.32. The number of halogens is 1. The lowest BCUT2D eigenvalue weighted by Crippen LogP contribution is -2.27. The van der Waals surface area contributed by atoms with E-state index in [2.05, 4.69) is 4.98 Å². The van der Waals surface area contributed by atoms with Crippen molar-refractivity contribution in [3.63, 3.8) is 0 Å². The van der Waals surface area contributed by atoms with Crippen LogP contribution < -0.4 is 11.4 Å². The van der Waals surface area contributed by atoms with Gasteiger partial charge in [-0.25, -0.2) is 9.18 Å². The predicted octanol–water partition coefficient (Wildman–Crippen LogP) is 3.17. The molecule has 0 spiro atoms. The van der Waals surface area contributed by atoms with E-state index in [1.807, 2.05) is 20.8 Å². The van der Waals surface area contributed by atoms with Gasteiger partial charge >= 0.3 is 5.69 Å². The second-order valence-electron chi connectivity index (χ2n) is 7.25. The second-order valence-corrected chi connectivity index (χ2v) is 7.25. The monoisotopic (exact) mass is 328 g/mol. The van der Waals surface area contributed by atoms with Crippen LogP contribution in [0.3, 0.4) is 0 Å². The average Bonchev–Trinajstić information content (AvgIpc) is 2.73. The van der Waals surface area contributed by atoms with Gasteiger partial charge in [0.1, 0.15) is 5.52 Å². The quantitative estimate of drug-likeness (QED) is 0.786. The van der Waals surface area contributed by atoms with Crippen LogP contribution in [0.1, 0.15) is 20.8 Å². The Bertz CT molecular complexity index is 979. The second kappa shape index (κ2) is 5.47. The van der Waals surface area contributed by atoms with Crippen molar-refractivity contribution in [2.75, 3.05) is 5.73 Å². The minimum atomic E-state index is -0.459. The van der Waals surface area contributed by atoms with E-state index in [1.165, 1.54) is 10.8 Å². The first-order valence-electron chi connectivity index (χ1n) is 7.78. The molecule has 0 aliphatic heterocycles. The van der Waals surface area contributed by atoms with Crippen LogP contribution in [0.2, 0.25) is 0 Å². The number of pyridine rings is 1. The van der Waals surface area contributed by atoms with Crippen LogP contribution in [0.4, 0.5) is 10.1 Å². The molecule has 24 heavy (non-hydrogen) atoms. The normalized spacial score (nSPS) is 12.0. The zero-order valence-electron chi connectivity index (χ0n) is 14.3. The fourth-order valence-corrected chi connectivity index (χ4v) is 2.94. The summed E-state index contributed by atoms with van der Waals surface area (Å²) in [5.41, 5.74) is 7.80. The molecule has 0 aliphatic rings. The van der Waals surface area contributed by atoms with E-state index in [0.717, 1.165) is 0 Å². The third-order valence-electron chi connectivity index (χ3n) is 4.02. The van der Waals surface area contributed by atoms with Crippen LogP contribution in [0.25, 0.3) is 22.2 Å². The van der Waals surface area contributed by atoms with Gasteiger partial charge in [-0.3, -0.25) is 14.1 Å². The Hall–Kier alpha value is -2.63. The smallest absolute Gasteiger partial charge is 0.328 e. The van der Waals surface area contributed by atoms with Gasteiger partial charge < -0.3 is 5.73 Å². The molecule has 6 heteroatoms. The highest BCUT2D eigenvalue weighted by Gasteiger charge is 2.22. The van der Waals surface area contributed by atoms with Gasteiger partial charge in [0.15, 0.2) is 5.82 Å². The summed E-state index contributed by atoms with van der Waals surface area (Å²) < 4.78 is 18.1. The van der Waals surface area contributed by atoms with Crippen molar-refractivity contribution in [3.8, 4) is 11.1 Å². The summed E-state index contributed by atoms with van der Waals surface area (Å²) in [5, 5.41) is 0. The molecule has 0 saturated heterocycles. The van der Waals surface area contributed by atoms with Gasteiger partial charge in [-0.05, 0) is 23.6 Å². The predicted molar refractivity (Wildman–Crippen MR) is 94.2 cm³/mol. The van der Waals surface area contributed by atoms with E-state index in [4.69, 9.17) is 5.73 Å². The van der Waals surface area contributed by atoms with E-state index < -0.39 is 5.82 Å². The standard InChI is InChI=1S/C18H21FN4O/c1-18(2,3)10-23-14-6-5-11(12-9-21-8-7-13(12)20)15(19)16(14)22(4)17(23)24/h5-9H,10H2,1-4H3,(H2,20,21). The van der Waals surface area contributed by atoms with Gasteiger partial charge in [0.25, 0.3) is 0 Å². The van der Waals surface area contributed by atoms with E-state index in [9.17, 15) is 4.79 Å². The lowest BCUT2D eigenvalue weighted by molar-refractivity contribution is 0.342. The fourth-order valence-electron chi connectivity index (χ4n) is 2.94. The molecule has 0 fully saturated rings. The summed E-state index contributed by atoms with van der Waals surface area (Å²) in [6.45, 7) is 6.63. The minimum Gasteiger partial charge on any atom is -0.398 e. The van der Waals surface area contributed by atoms with E-state index in [-0.39, 0.29) is 16.6 Å². The van der Waals surface area contributed by atoms with Gasteiger partial charge in [-0.1, -0.05) is 20.8 Å². The lowest BCUT2D eigenvalue weighted by Gasteiger charge is -2.18. The van der Waals surface area contributed by atoms with Crippen molar-refractivity contribution >= 4 is 16.7 Å². The molecule has 3 aromatic rings. The van der Waals surface area contributed by atoms with Crippen LogP contribution in [0.15, 0.2) is 35.4 Å². The molecule has 0 atom stereocenters. The van der Waals surface area contributed by atoms with Crippen molar-refractivity contribution in [1.82, 2.24) is 14.1 Å². The molecule has 0 bridgehead atoms. The molecule has 2 N–H and O–H groups in total. The first-order valence-corrected chi connectivity index (χ1v) is 7.78. The molecular formula is C18H21FN4O. The summed E-state index contributed by atoms with van der Waals surface area (Å²) >= 11 is 0. The molecule has 2 heterocycles. The number of fused-ring (bicyclic) bond motifs is 1. The number of nitrogens with zero attached hydrogens (tertiary/aromatic N) is 3. The summed E-state index contributed by atoms with van der Waals surface area (Å²) in [6.07, 6.45) is 3.09. The lowest BCUT2D eigenvalue weighted by atomic mass is 9.97. The maximum atomic E-state index is 15.2. The first kappa shape index (κ1) is 16.2. The van der Waals surface area contributed by atoms with Crippen LogP contribution in [-0.4, -0.2) is 14.1 Å². The number of aromatic nitrogens is 3. The molecule has 2 aromatic heterocycles. The third-order valence-corrected chi connectivity index (χ3v) is 4.02. The number of imidazole rings is 1. The molecule has 0 saturated carbocycles. The topological polar surface area (TPSA) is 65.8 Å². The molecule has 3 rings (SSSR count). The Morgan fingerprint density at radius 3 is 2.54 bits per heavy atom. The molecule has 0 amide bonds. The Kier molecular flexibility index (Phi) is 3.70. The van der Waals surface area contributed by atoms with Crippen molar-refractivity contribution in [1.29, 1.82) is 0 Å². The van der Waals surface area contributed by atoms with Crippen LogP contribution in [0, 0.1) is 11.2 Å². The summed E-state index contributed by atoms with van der Waals surface area (Å²) in [4.78, 5) is 16.6. The van der Waals surface area contributed by atoms with Crippen LogP contribution >= 0.6 is 0 Å². The summed E-state index contributed by atoms with van der Waals surface area (Å²) in [5.74, 6) is -0.459. The number of nitrogen functional groups attached to an aromatic ring is 1. The fraction of sp³-hybridized carbons (Fsp3) is 0.333. The Labute approximate surface area is 139 Å². The minimum absolute atomic E-state index is 0.0962. The maximum absolute atomic E-state index is 15.2. The molecule has 5 nitrogen and oxygen atoms in total. The molecule has 1 aromatic carbocycles. The number of rotatable bonds is 2. The van der Waals surface area contributed by atoms with Gasteiger partial charge in [0.05, 0.1) is 5.52 Å². The van der Waals surface area contributed by atoms with Crippen molar-refractivity contribution < 1.29 is 4.39 Å². The van der Waals surface area contributed by atoms with Gasteiger partial charge in [0.2, 0.25) is 0 Å². The Balaban J connectivity index is 2.30. The van der Waals surface area contributed by atoms with E-state index >= 15 is 4.39 Å². The third kappa shape index (κ3) is 2.58. The van der Waals surface area contributed by atoms with E-state index in [0.29, 0.717) is 28.9 Å². The number of benzene rings is 1. The molecule has 0 aliphatic carbocycles. The SMILES string of the molecule is Cn1c(=O)n(CC(C)(C)C)c2ccc(-c3cnccc3N)c(F)c21. The summed E-state index contributed by atoms with van der Waals surface area (Å²) in [6, 6.07) is 5.06. The number of nitrogens with two attached hydrogens (primary N) is 1. The molecular weight excluding hydrogens is 307 g/mol. The van der Waals surface area contributed by atoms with Crippen molar-refractivity contribution in [2.24, 2.45) is 12.5 Å². The van der Waals surface area contributed by atoms with Gasteiger partial charge in [-0.15, -0.1) is 0 Å². The van der Waals surface area contributed by atoms with E-state index in [1.54, 1.807) is 36.0 Å². The first-order chi connectivity index (χ1) is 11.2. The molecule has 126 valence electrons. The summed E-state index contributed by atoms with van der Waals surface area (Å²) in [7, 11) is 1.59. The number of hydrogen-bond donors (Lipinski definition) is 1. The Morgan fingerprint density at radius 1 is 1.21 bits per heavy atom. The van der Waals surface area contributed by atoms with Crippen LogP contribution in [-0.2, 0) is 13.6 Å². The van der Waals surface area contributed by atoms with Gasteiger partial charge in [-0.2, -0.15) is 0 Å². The maximum Gasteiger partial charge on any atom is 0.328 e. The molecule has 0 unspecified atom stereocenters. The van der Waals surface area contributed by atoms with Gasteiger partial charge in [0, 0.05) is 42.8 Å². The average molecular weight is 328 g/mol. The molecule has 0 radical (unpaired) electrons. The van der Waals surface area contributed by atoms with Crippen molar-refractivity contribution in [3.05, 3.63) is 46.9 Å². The largest absolute Gasteiger partial charge is 0.398 e. The van der Waals surface area contributed by atoms with Crippen LogP contribution in [0.5, 0.6) is 0 Å². The Morgan fingerprint density at radius 2 is 1.92 bits per heavy atom. The number of aryl methyl sites for hydroxylation is 1. The highest BCUT2D eigenvalue weighted by molar-refractivity contribution is 5.86. The highest BCUT2D eigenvalue weighted by atomic mass is 19.1. The zero-order valence-corrected chi connectivity index (χ0v) is 14.3.